The minimum atomic E-state index is -0.480. The molecule has 1 saturated heterocycles. The van der Waals surface area contributed by atoms with E-state index in [1.807, 2.05) is 19.2 Å². The second-order valence-corrected chi connectivity index (χ2v) is 6.00. The number of benzene rings is 1. The third-order valence-electron chi connectivity index (χ3n) is 3.57. The van der Waals surface area contributed by atoms with Gasteiger partial charge in [0, 0.05) is 24.6 Å². The smallest absolute Gasteiger partial charge is 0.234 e. The fourth-order valence-corrected chi connectivity index (χ4v) is 2.62. The lowest BCUT2D eigenvalue weighted by Crippen LogP contribution is -2.58. The summed E-state index contributed by atoms with van der Waals surface area (Å²) in [4.78, 5) is 14.1. The van der Waals surface area contributed by atoms with Crippen molar-refractivity contribution < 1.29 is 9.53 Å². The maximum Gasteiger partial charge on any atom is 0.234 e. The third kappa shape index (κ3) is 3.16. The maximum absolute atomic E-state index is 12.3. The highest BCUT2D eigenvalue weighted by molar-refractivity contribution is 9.10. The first-order valence-corrected chi connectivity index (χ1v) is 7.14. The predicted octanol–water partition coefficient (Wildman–Crippen LogP) is 1.43. The summed E-state index contributed by atoms with van der Waals surface area (Å²) in [6.07, 6.45) is 0.836. The van der Waals surface area contributed by atoms with Gasteiger partial charge in [-0.05, 0) is 24.1 Å². The zero-order chi connectivity index (χ0) is 13.9. The second kappa shape index (κ2) is 6.03. The average molecular weight is 327 g/mol. The molecule has 2 rings (SSSR count). The quantitative estimate of drug-likeness (QED) is 0.890. The molecule has 0 spiro atoms. The average Bonchev–Trinajstić information content (AvgIpc) is 2.35. The zero-order valence-corrected chi connectivity index (χ0v) is 12.6. The van der Waals surface area contributed by atoms with E-state index in [1.54, 1.807) is 4.90 Å². The second-order valence-electron chi connectivity index (χ2n) is 5.08. The number of hydrogen-bond acceptors (Lipinski definition) is 3. The van der Waals surface area contributed by atoms with Crippen LogP contribution in [-0.2, 0) is 16.0 Å². The topological polar surface area (TPSA) is 55.6 Å². The van der Waals surface area contributed by atoms with E-state index in [0.29, 0.717) is 26.3 Å². The van der Waals surface area contributed by atoms with Crippen LogP contribution < -0.4 is 5.73 Å². The molecule has 0 aromatic heterocycles. The standard InChI is InChI=1S/C14H19BrN2O2/c1-17(13(18)14(8-16)9-19-10-14)6-5-11-3-2-4-12(15)7-11/h2-4,7H,5-6,8-10,16H2,1H3. The van der Waals surface area contributed by atoms with E-state index < -0.39 is 5.41 Å². The van der Waals surface area contributed by atoms with Crippen LogP contribution in [0, 0.1) is 5.41 Å². The summed E-state index contributed by atoms with van der Waals surface area (Å²) in [5, 5.41) is 0. The Labute approximate surface area is 122 Å². The van der Waals surface area contributed by atoms with Crippen molar-refractivity contribution in [3.05, 3.63) is 34.3 Å². The number of halogens is 1. The molecule has 0 radical (unpaired) electrons. The molecule has 0 aliphatic carbocycles. The van der Waals surface area contributed by atoms with Gasteiger partial charge >= 0.3 is 0 Å². The zero-order valence-electron chi connectivity index (χ0n) is 11.1. The number of nitrogens with two attached hydrogens (primary N) is 1. The van der Waals surface area contributed by atoms with Gasteiger partial charge in [-0.1, -0.05) is 28.1 Å². The first kappa shape index (κ1) is 14.5. The molecular weight excluding hydrogens is 308 g/mol. The first-order chi connectivity index (χ1) is 9.07. The first-order valence-electron chi connectivity index (χ1n) is 6.35. The normalized spacial score (nSPS) is 16.8. The van der Waals surface area contributed by atoms with Crippen molar-refractivity contribution in [3.8, 4) is 0 Å². The van der Waals surface area contributed by atoms with Crippen LogP contribution in [0.15, 0.2) is 28.7 Å². The summed E-state index contributed by atoms with van der Waals surface area (Å²) in [7, 11) is 1.83. The number of rotatable bonds is 5. The molecule has 1 aromatic rings. The number of likely N-dealkylation sites (N-methyl/N-ethyl adjacent to an activating group) is 1. The molecular formula is C14H19BrN2O2. The molecule has 1 fully saturated rings. The van der Waals surface area contributed by atoms with Gasteiger partial charge in [0.25, 0.3) is 0 Å². The molecule has 1 aliphatic rings. The van der Waals surface area contributed by atoms with Crippen molar-refractivity contribution in [2.45, 2.75) is 6.42 Å². The number of ether oxygens (including phenoxy) is 1. The number of carbonyl (C=O) groups is 1. The fraction of sp³-hybridized carbons (Fsp3) is 0.500. The van der Waals surface area contributed by atoms with E-state index in [9.17, 15) is 4.79 Å². The monoisotopic (exact) mass is 326 g/mol. The number of hydrogen-bond donors (Lipinski definition) is 1. The van der Waals surface area contributed by atoms with Crippen molar-refractivity contribution in [2.75, 3.05) is 33.4 Å². The lowest BCUT2D eigenvalue weighted by Gasteiger charge is -2.41. The highest BCUT2D eigenvalue weighted by atomic mass is 79.9. The Hall–Kier alpha value is -0.910. The van der Waals surface area contributed by atoms with Gasteiger partial charge in [-0.15, -0.1) is 0 Å². The van der Waals surface area contributed by atoms with Gasteiger partial charge in [-0.3, -0.25) is 4.79 Å². The summed E-state index contributed by atoms with van der Waals surface area (Å²) in [6, 6.07) is 8.13. The Morgan fingerprint density at radius 3 is 2.79 bits per heavy atom. The Morgan fingerprint density at radius 2 is 2.26 bits per heavy atom. The summed E-state index contributed by atoms with van der Waals surface area (Å²) < 4.78 is 6.21. The van der Waals surface area contributed by atoms with Gasteiger partial charge in [0.05, 0.1) is 13.2 Å². The minimum absolute atomic E-state index is 0.0937. The van der Waals surface area contributed by atoms with Crippen LogP contribution >= 0.6 is 15.9 Å². The summed E-state index contributed by atoms with van der Waals surface area (Å²) in [6.45, 7) is 1.94. The fourth-order valence-electron chi connectivity index (χ4n) is 2.17. The van der Waals surface area contributed by atoms with Gasteiger partial charge in [0.2, 0.25) is 5.91 Å². The Balaban J connectivity index is 1.91. The molecule has 0 atom stereocenters. The van der Waals surface area contributed by atoms with E-state index in [0.717, 1.165) is 10.9 Å². The van der Waals surface area contributed by atoms with Crippen molar-refractivity contribution in [2.24, 2.45) is 11.1 Å². The predicted molar refractivity (Wildman–Crippen MR) is 77.8 cm³/mol. The van der Waals surface area contributed by atoms with Crippen LogP contribution in [0.2, 0.25) is 0 Å². The molecule has 104 valence electrons. The SMILES string of the molecule is CN(CCc1cccc(Br)c1)C(=O)C1(CN)COC1. The van der Waals surface area contributed by atoms with Gasteiger partial charge in [-0.25, -0.2) is 0 Å². The Morgan fingerprint density at radius 1 is 1.53 bits per heavy atom. The van der Waals surface area contributed by atoms with Crippen molar-refractivity contribution in [3.63, 3.8) is 0 Å². The molecule has 1 heterocycles. The lowest BCUT2D eigenvalue weighted by molar-refractivity contribution is -0.169. The molecule has 0 saturated carbocycles. The largest absolute Gasteiger partial charge is 0.379 e. The molecule has 19 heavy (non-hydrogen) atoms. The summed E-state index contributed by atoms with van der Waals surface area (Å²) in [5.74, 6) is 0.0937. The van der Waals surface area contributed by atoms with Crippen molar-refractivity contribution in [1.82, 2.24) is 4.90 Å². The van der Waals surface area contributed by atoms with Crippen LogP contribution in [-0.4, -0.2) is 44.2 Å². The van der Waals surface area contributed by atoms with Gasteiger partial charge in [0.15, 0.2) is 0 Å². The van der Waals surface area contributed by atoms with E-state index in [1.165, 1.54) is 5.56 Å². The van der Waals surface area contributed by atoms with Gasteiger partial charge in [0.1, 0.15) is 5.41 Å². The van der Waals surface area contributed by atoms with Crippen LogP contribution in [0.5, 0.6) is 0 Å². The molecule has 0 bridgehead atoms. The highest BCUT2D eigenvalue weighted by Gasteiger charge is 2.46. The molecule has 0 unspecified atom stereocenters. The van der Waals surface area contributed by atoms with E-state index in [4.69, 9.17) is 10.5 Å². The Kier molecular flexibility index (Phi) is 4.60. The number of carbonyl (C=O) groups excluding carboxylic acids is 1. The van der Waals surface area contributed by atoms with E-state index in [2.05, 4.69) is 28.1 Å². The van der Waals surface area contributed by atoms with E-state index >= 15 is 0 Å². The molecule has 1 aromatic carbocycles. The van der Waals surface area contributed by atoms with Crippen LogP contribution in [0.4, 0.5) is 0 Å². The van der Waals surface area contributed by atoms with Crippen molar-refractivity contribution in [1.29, 1.82) is 0 Å². The van der Waals surface area contributed by atoms with Gasteiger partial charge in [-0.2, -0.15) is 0 Å². The highest BCUT2D eigenvalue weighted by Crippen LogP contribution is 2.28. The maximum atomic E-state index is 12.3. The van der Waals surface area contributed by atoms with E-state index in [-0.39, 0.29) is 5.91 Å². The Bertz CT molecular complexity index is 455. The third-order valence-corrected chi connectivity index (χ3v) is 4.07. The number of amides is 1. The molecule has 4 nitrogen and oxygen atoms in total. The van der Waals surface area contributed by atoms with Crippen LogP contribution in [0.3, 0.4) is 0 Å². The lowest BCUT2D eigenvalue weighted by atomic mass is 9.84. The molecule has 2 N–H and O–H groups in total. The number of nitrogens with zero attached hydrogens (tertiary/aromatic N) is 1. The van der Waals surface area contributed by atoms with Crippen LogP contribution in [0.25, 0.3) is 0 Å². The molecule has 1 aliphatic heterocycles. The summed E-state index contributed by atoms with van der Waals surface area (Å²) in [5.41, 5.74) is 6.43. The molecule has 5 heteroatoms. The van der Waals surface area contributed by atoms with Crippen LogP contribution in [0.1, 0.15) is 5.56 Å². The van der Waals surface area contributed by atoms with Gasteiger partial charge < -0.3 is 15.4 Å². The summed E-state index contributed by atoms with van der Waals surface area (Å²) >= 11 is 3.45. The minimum Gasteiger partial charge on any atom is -0.379 e. The van der Waals surface area contributed by atoms with Crippen molar-refractivity contribution >= 4 is 21.8 Å². The molecule has 1 amide bonds.